The molecule has 9 heteroatoms. The van der Waals surface area contributed by atoms with E-state index in [1.165, 1.54) is 12.1 Å². The first-order valence-corrected chi connectivity index (χ1v) is 10.7. The topological polar surface area (TPSA) is 58.6 Å². The highest BCUT2D eigenvalue weighted by atomic mass is 32.2. The first-order valence-electron chi connectivity index (χ1n) is 9.23. The number of nitrogens with one attached hydrogen (secondary N) is 1. The zero-order valence-corrected chi connectivity index (χ0v) is 17.2. The number of halogens is 3. The molecule has 3 rings (SSSR count). The average molecular weight is 428 g/mol. The number of hydrogen-bond donors (Lipinski definition) is 1. The van der Waals surface area contributed by atoms with Crippen LogP contribution in [-0.2, 0) is 10.0 Å². The summed E-state index contributed by atoms with van der Waals surface area (Å²) in [7, 11) is -4.31. The third kappa shape index (κ3) is 4.60. The summed E-state index contributed by atoms with van der Waals surface area (Å²) in [6.07, 6.45) is -2.86. The van der Waals surface area contributed by atoms with Crippen molar-refractivity contribution in [3.05, 3.63) is 47.0 Å². The number of sulfonamides is 1. The number of anilines is 2. The first kappa shape index (κ1) is 21.3. The molecular formula is C20H23F3N2O3S. The van der Waals surface area contributed by atoms with Crippen LogP contribution in [0.15, 0.2) is 35.2 Å². The van der Waals surface area contributed by atoms with E-state index < -0.39 is 27.0 Å². The lowest BCUT2D eigenvalue weighted by atomic mass is 10.0. The molecule has 1 aliphatic rings. The highest BCUT2D eigenvalue weighted by molar-refractivity contribution is 7.92. The van der Waals surface area contributed by atoms with Gasteiger partial charge in [-0.1, -0.05) is 18.2 Å². The lowest BCUT2D eigenvalue weighted by Crippen LogP contribution is -2.23. The van der Waals surface area contributed by atoms with Crippen molar-refractivity contribution in [2.45, 2.75) is 44.9 Å². The molecule has 158 valence electrons. The van der Waals surface area contributed by atoms with Crippen molar-refractivity contribution in [3.8, 4) is 5.75 Å². The Morgan fingerprint density at radius 1 is 1.03 bits per heavy atom. The van der Waals surface area contributed by atoms with E-state index in [1.807, 2.05) is 19.9 Å². The fraction of sp³-hybridized carbons (Fsp3) is 0.400. The predicted octanol–water partition coefficient (Wildman–Crippen LogP) is 4.91. The number of para-hydroxylation sites is 1. The first-order chi connectivity index (χ1) is 13.5. The Labute approximate surface area is 168 Å². The minimum Gasteiger partial charge on any atom is -0.404 e. The fourth-order valence-electron chi connectivity index (χ4n) is 3.83. The summed E-state index contributed by atoms with van der Waals surface area (Å²) in [5.74, 6) is -0.769. The van der Waals surface area contributed by atoms with Crippen molar-refractivity contribution >= 4 is 21.4 Å². The summed E-state index contributed by atoms with van der Waals surface area (Å²) in [6, 6.07) is 6.59. The Morgan fingerprint density at radius 3 is 2.28 bits per heavy atom. The lowest BCUT2D eigenvalue weighted by molar-refractivity contribution is -0.275. The zero-order chi connectivity index (χ0) is 21.4. The van der Waals surface area contributed by atoms with Crippen LogP contribution in [0, 0.1) is 20.8 Å². The summed E-state index contributed by atoms with van der Waals surface area (Å²) in [6.45, 7) is 7.34. The van der Waals surface area contributed by atoms with Crippen LogP contribution in [0.3, 0.4) is 0 Å². The van der Waals surface area contributed by atoms with Crippen molar-refractivity contribution in [3.63, 3.8) is 0 Å². The van der Waals surface area contributed by atoms with Crippen molar-refractivity contribution < 1.29 is 26.3 Å². The normalized spacial score (nSPS) is 14.9. The summed E-state index contributed by atoms with van der Waals surface area (Å²) in [5.41, 5.74) is 3.82. The van der Waals surface area contributed by atoms with Crippen LogP contribution < -0.4 is 14.4 Å². The summed E-state index contributed by atoms with van der Waals surface area (Å²) in [4.78, 5) is 1.64. The van der Waals surface area contributed by atoms with E-state index in [0.29, 0.717) is 11.3 Å². The number of benzene rings is 2. The molecular weight excluding hydrogens is 405 g/mol. The minimum atomic E-state index is -5.00. The molecule has 0 saturated carbocycles. The SMILES string of the molecule is Cc1cc(C)c(N2CCCC2)c(C)c1NS(=O)(=O)c1ccccc1OC(F)(F)F. The fourth-order valence-corrected chi connectivity index (χ4v) is 5.16. The molecule has 1 heterocycles. The standard InChI is InChI=1S/C20H23F3N2O3S/c1-13-12-14(2)19(25-10-6-7-11-25)15(3)18(13)24-29(26,27)17-9-5-4-8-16(17)28-20(21,22)23/h4-5,8-9,12,24H,6-7,10-11H2,1-3H3. The quantitative estimate of drug-likeness (QED) is 0.735. The van der Waals surface area contributed by atoms with E-state index in [1.54, 1.807) is 6.92 Å². The average Bonchev–Trinajstić information content (AvgIpc) is 3.11. The Hall–Kier alpha value is -2.42. The number of nitrogens with zero attached hydrogens (tertiary/aromatic N) is 1. The van der Waals surface area contributed by atoms with E-state index in [4.69, 9.17) is 0 Å². The predicted molar refractivity (Wildman–Crippen MR) is 106 cm³/mol. The van der Waals surface area contributed by atoms with Crippen molar-refractivity contribution in [1.82, 2.24) is 0 Å². The van der Waals surface area contributed by atoms with Gasteiger partial charge in [0.15, 0.2) is 0 Å². The van der Waals surface area contributed by atoms with Crippen molar-refractivity contribution in [1.29, 1.82) is 0 Å². The van der Waals surface area contributed by atoms with Gasteiger partial charge in [0, 0.05) is 18.8 Å². The van der Waals surface area contributed by atoms with Crippen LogP contribution in [0.4, 0.5) is 24.5 Å². The van der Waals surface area contributed by atoms with Crippen LogP contribution in [-0.4, -0.2) is 27.9 Å². The molecule has 1 fully saturated rings. The van der Waals surface area contributed by atoms with E-state index in [9.17, 15) is 21.6 Å². The maximum atomic E-state index is 13.0. The van der Waals surface area contributed by atoms with Crippen molar-refractivity contribution in [2.24, 2.45) is 0 Å². The molecule has 0 aromatic heterocycles. The molecule has 0 radical (unpaired) electrons. The molecule has 5 nitrogen and oxygen atoms in total. The number of rotatable bonds is 5. The van der Waals surface area contributed by atoms with Crippen LogP contribution in [0.1, 0.15) is 29.5 Å². The van der Waals surface area contributed by atoms with E-state index in [2.05, 4.69) is 14.4 Å². The molecule has 1 N–H and O–H groups in total. The van der Waals surface area contributed by atoms with Crippen LogP contribution in [0.2, 0.25) is 0 Å². The van der Waals surface area contributed by atoms with Gasteiger partial charge in [0.05, 0.1) is 5.69 Å². The van der Waals surface area contributed by atoms with Gasteiger partial charge < -0.3 is 9.64 Å². The smallest absolute Gasteiger partial charge is 0.404 e. The van der Waals surface area contributed by atoms with Gasteiger partial charge in [-0.15, -0.1) is 13.2 Å². The minimum absolute atomic E-state index is 0.374. The van der Waals surface area contributed by atoms with Crippen molar-refractivity contribution in [2.75, 3.05) is 22.7 Å². The molecule has 2 aromatic rings. The molecule has 0 aliphatic carbocycles. The molecule has 2 aromatic carbocycles. The molecule has 0 spiro atoms. The molecule has 0 atom stereocenters. The molecule has 1 saturated heterocycles. The number of ether oxygens (including phenoxy) is 1. The van der Waals surface area contributed by atoms with Gasteiger partial charge in [-0.25, -0.2) is 8.42 Å². The highest BCUT2D eigenvalue weighted by Gasteiger charge is 2.34. The second-order valence-corrected chi connectivity index (χ2v) is 8.80. The molecule has 0 bridgehead atoms. The van der Waals surface area contributed by atoms with E-state index in [-0.39, 0.29) is 0 Å². The van der Waals surface area contributed by atoms with Gasteiger partial charge in [-0.3, -0.25) is 4.72 Å². The monoisotopic (exact) mass is 428 g/mol. The third-order valence-electron chi connectivity index (χ3n) is 4.95. The highest BCUT2D eigenvalue weighted by Crippen LogP contribution is 2.37. The van der Waals surface area contributed by atoms with E-state index >= 15 is 0 Å². The van der Waals surface area contributed by atoms with Gasteiger partial charge in [-0.2, -0.15) is 0 Å². The lowest BCUT2D eigenvalue weighted by Gasteiger charge is -2.26. The molecule has 29 heavy (non-hydrogen) atoms. The Morgan fingerprint density at radius 2 is 1.66 bits per heavy atom. The second kappa shape index (κ2) is 7.78. The number of hydrogen-bond acceptors (Lipinski definition) is 4. The van der Waals surface area contributed by atoms with Gasteiger partial charge in [-0.05, 0) is 62.4 Å². The largest absolute Gasteiger partial charge is 0.573 e. The van der Waals surface area contributed by atoms with E-state index in [0.717, 1.165) is 54.9 Å². The Balaban J connectivity index is 2.03. The summed E-state index contributed by atoms with van der Waals surface area (Å²) >= 11 is 0. The zero-order valence-electron chi connectivity index (χ0n) is 16.4. The van der Waals surface area contributed by atoms with Gasteiger partial charge in [0.25, 0.3) is 10.0 Å². The van der Waals surface area contributed by atoms with Gasteiger partial charge >= 0.3 is 6.36 Å². The summed E-state index contributed by atoms with van der Waals surface area (Å²) in [5, 5.41) is 0. The molecule has 0 unspecified atom stereocenters. The van der Waals surface area contributed by atoms with Crippen LogP contribution >= 0.6 is 0 Å². The third-order valence-corrected chi connectivity index (χ3v) is 6.34. The van der Waals surface area contributed by atoms with Gasteiger partial charge in [0.1, 0.15) is 10.6 Å². The van der Waals surface area contributed by atoms with Gasteiger partial charge in [0.2, 0.25) is 0 Å². The number of alkyl halides is 3. The maximum Gasteiger partial charge on any atom is 0.573 e. The Bertz CT molecular complexity index is 1010. The number of aryl methyl sites for hydroxylation is 2. The van der Waals surface area contributed by atoms with Crippen LogP contribution in [0.25, 0.3) is 0 Å². The molecule has 0 amide bonds. The Kier molecular flexibility index (Phi) is 5.71. The molecule has 1 aliphatic heterocycles. The maximum absolute atomic E-state index is 13.0. The second-order valence-electron chi connectivity index (χ2n) is 7.15. The summed E-state index contributed by atoms with van der Waals surface area (Å²) < 4.78 is 70.4. The van der Waals surface area contributed by atoms with Crippen LogP contribution in [0.5, 0.6) is 5.75 Å².